The first kappa shape index (κ1) is 12.7. The second kappa shape index (κ2) is 5.28. The average Bonchev–Trinajstić information content (AvgIpc) is 2.26. The summed E-state index contributed by atoms with van der Waals surface area (Å²) in [5, 5.41) is 11.8. The molecule has 1 nitrogen and oxygen atoms in total. The van der Waals surface area contributed by atoms with Crippen LogP contribution in [-0.4, -0.2) is 5.11 Å². The van der Waals surface area contributed by atoms with E-state index in [1.807, 2.05) is 0 Å². The summed E-state index contributed by atoms with van der Waals surface area (Å²) in [6.45, 7) is 0. The lowest BCUT2D eigenvalue weighted by molar-refractivity contribution is 0.220. The third kappa shape index (κ3) is 3.14. The number of aliphatic hydroxyl groups excluding tert-OH is 1. The van der Waals surface area contributed by atoms with E-state index < -0.39 is 6.10 Å². The molecule has 17 heavy (non-hydrogen) atoms. The van der Waals surface area contributed by atoms with Gasteiger partial charge in [-0.2, -0.15) is 0 Å². The van der Waals surface area contributed by atoms with E-state index in [9.17, 15) is 5.11 Å². The van der Waals surface area contributed by atoms with Crippen LogP contribution in [0.2, 0.25) is 15.1 Å². The van der Waals surface area contributed by atoms with Gasteiger partial charge in [-0.1, -0.05) is 46.9 Å². The Morgan fingerprint density at radius 2 is 1.35 bits per heavy atom. The standard InChI is InChI=1S/C13H9Cl3O/c14-10-3-1-2-8(4-10)13(17)9-5-11(15)7-12(16)6-9/h1-7,13,17H/t13-/m0/s1. The minimum atomic E-state index is -0.787. The Hall–Kier alpha value is -0.730. The van der Waals surface area contributed by atoms with Crippen LogP contribution in [0.5, 0.6) is 0 Å². The van der Waals surface area contributed by atoms with Crippen molar-refractivity contribution in [1.29, 1.82) is 0 Å². The highest BCUT2D eigenvalue weighted by molar-refractivity contribution is 6.34. The lowest BCUT2D eigenvalue weighted by Gasteiger charge is -2.12. The van der Waals surface area contributed by atoms with Crippen LogP contribution in [0, 0.1) is 0 Å². The van der Waals surface area contributed by atoms with E-state index in [1.165, 1.54) is 0 Å². The molecule has 0 aliphatic carbocycles. The zero-order valence-corrected chi connectivity index (χ0v) is 11.0. The molecule has 0 radical (unpaired) electrons. The highest BCUT2D eigenvalue weighted by atomic mass is 35.5. The van der Waals surface area contributed by atoms with Crippen LogP contribution >= 0.6 is 34.8 Å². The number of benzene rings is 2. The maximum Gasteiger partial charge on any atom is 0.104 e. The van der Waals surface area contributed by atoms with Gasteiger partial charge in [0.2, 0.25) is 0 Å². The van der Waals surface area contributed by atoms with Crippen LogP contribution in [0.15, 0.2) is 42.5 Å². The molecule has 0 aliphatic rings. The number of hydrogen-bond acceptors (Lipinski definition) is 1. The molecule has 0 saturated heterocycles. The van der Waals surface area contributed by atoms with E-state index in [0.29, 0.717) is 26.2 Å². The van der Waals surface area contributed by atoms with Crippen LogP contribution in [0.1, 0.15) is 17.2 Å². The SMILES string of the molecule is O[C@@H](c1cccc(Cl)c1)c1cc(Cl)cc(Cl)c1. The number of hydrogen-bond donors (Lipinski definition) is 1. The Bertz CT molecular complexity index is 520. The van der Waals surface area contributed by atoms with Crippen LogP contribution in [0.4, 0.5) is 0 Å². The molecule has 4 heteroatoms. The minimum Gasteiger partial charge on any atom is -0.384 e. The Morgan fingerprint density at radius 1 is 0.765 bits per heavy atom. The third-order valence-electron chi connectivity index (χ3n) is 2.37. The molecule has 0 amide bonds. The molecule has 2 aromatic carbocycles. The second-order valence-corrected chi connectivity index (χ2v) is 4.97. The lowest BCUT2D eigenvalue weighted by atomic mass is 10.0. The largest absolute Gasteiger partial charge is 0.384 e. The van der Waals surface area contributed by atoms with Gasteiger partial charge in [-0.05, 0) is 41.5 Å². The van der Waals surface area contributed by atoms with Gasteiger partial charge < -0.3 is 5.11 Å². The zero-order chi connectivity index (χ0) is 12.4. The van der Waals surface area contributed by atoms with Gasteiger partial charge >= 0.3 is 0 Å². The maximum atomic E-state index is 10.2. The van der Waals surface area contributed by atoms with E-state index >= 15 is 0 Å². The predicted molar refractivity (Wildman–Crippen MR) is 72.0 cm³/mol. The minimum absolute atomic E-state index is 0.494. The predicted octanol–water partition coefficient (Wildman–Crippen LogP) is 4.73. The summed E-state index contributed by atoms with van der Waals surface area (Å²) in [5.41, 5.74) is 1.35. The molecule has 0 aromatic heterocycles. The van der Waals surface area contributed by atoms with E-state index in [-0.39, 0.29) is 0 Å². The van der Waals surface area contributed by atoms with Crippen molar-refractivity contribution < 1.29 is 5.11 Å². The van der Waals surface area contributed by atoms with Crippen molar-refractivity contribution in [3.05, 3.63) is 68.7 Å². The van der Waals surface area contributed by atoms with Crippen molar-refractivity contribution in [3.8, 4) is 0 Å². The molecule has 0 heterocycles. The van der Waals surface area contributed by atoms with E-state index in [2.05, 4.69) is 0 Å². The quantitative estimate of drug-likeness (QED) is 0.846. The number of halogens is 3. The molecular formula is C13H9Cl3O. The molecule has 1 atom stereocenters. The fourth-order valence-corrected chi connectivity index (χ4v) is 2.34. The summed E-state index contributed by atoms with van der Waals surface area (Å²) >= 11 is 17.7. The Balaban J connectivity index is 2.39. The maximum absolute atomic E-state index is 10.2. The van der Waals surface area contributed by atoms with Gasteiger partial charge in [-0.25, -0.2) is 0 Å². The van der Waals surface area contributed by atoms with Crippen molar-refractivity contribution in [3.63, 3.8) is 0 Å². The number of aliphatic hydroxyl groups is 1. The number of rotatable bonds is 2. The van der Waals surface area contributed by atoms with Crippen molar-refractivity contribution in [1.82, 2.24) is 0 Å². The van der Waals surface area contributed by atoms with Crippen LogP contribution < -0.4 is 0 Å². The van der Waals surface area contributed by atoms with Gasteiger partial charge in [0.15, 0.2) is 0 Å². The Labute approximate surface area is 115 Å². The third-order valence-corrected chi connectivity index (χ3v) is 3.04. The molecule has 1 N–H and O–H groups in total. The first-order valence-corrected chi connectivity index (χ1v) is 6.09. The first-order valence-electron chi connectivity index (χ1n) is 4.96. The van der Waals surface area contributed by atoms with Crippen molar-refractivity contribution >= 4 is 34.8 Å². The molecule has 0 saturated carbocycles. The van der Waals surface area contributed by atoms with Gasteiger partial charge in [-0.3, -0.25) is 0 Å². The molecule has 0 aliphatic heterocycles. The monoisotopic (exact) mass is 286 g/mol. The lowest BCUT2D eigenvalue weighted by Crippen LogP contribution is -1.99. The Kier molecular flexibility index (Phi) is 3.95. The molecule has 0 bridgehead atoms. The van der Waals surface area contributed by atoms with Crippen LogP contribution in [-0.2, 0) is 0 Å². The first-order chi connectivity index (χ1) is 8.06. The summed E-state index contributed by atoms with van der Waals surface area (Å²) in [6, 6.07) is 12.0. The van der Waals surface area contributed by atoms with Gasteiger partial charge in [-0.15, -0.1) is 0 Å². The average molecular weight is 288 g/mol. The summed E-state index contributed by atoms with van der Waals surface area (Å²) < 4.78 is 0. The molecular weight excluding hydrogens is 279 g/mol. The van der Waals surface area contributed by atoms with Gasteiger partial charge in [0.1, 0.15) is 6.10 Å². The highest BCUT2D eigenvalue weighted by Crippen LogP contribution is 2.28. The molecule has 88 valence electrons. The summed E-state index contributed by atoms with van der Waals surface area (Å²) in [4.78, 5) is 0. The zero-order valence-electron chi connectivity index (χ0n) is 8.70. The van der Waals surface area contributed by atoms with Gasteiger partial charge in [0.05, 0.1) is 0 Å². The second-order valence-electron chi connectivity index (χ2n) is 3.66. The summed E-state index contributed by atoms with van der Waals surface area (Å²) in [6.07, 6.45) is -0.787. The Morgan fingerprint density at radius 3 is 1.94 bits per heavy atom. The molecule has 2 rings (SSSR count). The van der Waals surface area contributed by atoms with Crippen molar-refractivity contribution in [2.24, 2.45) is 0 Å². The van der Waals surface area contributed by atoms with E-state index in [1.54, 1.807) is 42.5 Å². The van der Waals surface area contributed by atoms with Crippen molar-refractivity contribution in [2.75, 3.05) is 0 Å². The molecule has 0 spiro atoms. The fourth-order valence-electron chi connectivity index (χ4n) is 1.60. The fraction of sp³-hybridized carbons (Fsp3) is 0.0769. The molecule has 0 unspecified atom stereocenters. The van der Waals surface area contributed by atoms with Crippen LogP contribution in [0.3, 0.4) is 0 Å². The molecule has 0 fully saturated rings. The van der Waals surface area contributed by atoms with E-state index in [0.717, 1.165) is 0 Å². The highest BCUT2D eigenvalue weighted by Gasteiger charge is 2.12. The summed E-state index contributed by atoms with van der Waals surface area (Å²) in [7, 11) is 0. The molecule has 2 aromatic rings. The smallest absolute Gasteiger partial charge is 0.104 e. The van der Waals surface area contributed by atoms with Crippen LogP contribution in [0.25, 0.3) is 0 Å². The topological polar surface area (TPSA) is 20.2 Å². The normalized spacial score (nSPS) is 12.5. The van der Waals surface area contributed by atoms with Crippen molar-refractivity contribution in [2.45, 2.75) is 6.10 Å². The summed E-state index contributed by atoms with van der Waals surface area (Å²) in [5.74, 6) is 0. The van der Waals surface area contributed by atoms with Gasteiger partial charge in [0, 0.05) is 15.1 Å². The van der Waals surface area contributed by atoms with Gasteiger partial charge in [0.25, 0.3) is 0 Å². The van der Waals surface area contributed by atoms with E-state index in [4.69, 9.17) is 34.8 Å².